The molecule has 0 radical (unpaired) electrons. The summed E-state index contributed by atoms with van der Waals surface area (Å²) >= 11 is 3.45. The third-order valence-electron chi connectivity index (χ3n) is 5.17. The van der Waals surface area contributed by atoms with Crippen LogP contribution < -0.4 is 5.32 Å². The average Bonchev–Trinajstić information content (AvgIpc) is 3.16. The van der Waals surface area contributed by atoms with Crippen LogP contribution in [0.15, 0.2) is 59.1 Å². The van der Waals surface area contributed by atoms with E-state index in [-0.39, 0.29) is 17.2 Å². The zero-order valence-corrected chi connectivity index (χ0v) is 17.3. The molecule has 142 valence electrons. The molecule has 1 saturated heterocycles. The van der Waals surface area contributed by atoms with Crippen LogP contribution in [-0.4, -0.2) is 35.8 Å². The minimum absolute atomic E-state index is 0.0676. The highest BCUT2D eigenvalue weighted by Gasteiger charge is 2.35. The smallest absolute Gasteiger partial charge is 0.254 e. The van der Waals surface area contributed by atoms with Crippen LogP contribution in [0, 0.1) is 0 Å². The maximum Gasteiger partial charge on any atom is 0.254 e. The van der Waals surface area contributed by atoms with Gasteiger partial charge in [0.25, 0.3) is 5.91 Å². The molecule has 27 heavy (non-hydrogen) atoms. The molecule has 0 saturated carbocycles. The van der Waals surface area contributed by atoms with Gasteiger partial charge >= 0.3 is 0 Å². The Morgan fingerprint density at radius 3 is 2.44 bits per heavy atom. The van der Waals surface area contributed by atoms with Crippen LogP contribution in [0.1, 0.15) is 42.6 Å². The van der Waals surface area contributed by atoms with Gasteiger partial charge < -0.3 is 10.2 Å². The first-order chi connectivity index (χ1) is 12.9. The number of amides is 2. The molecule has 0 aromatic heterocycles. The molecule has 0 bridgehead atoms. The van der Waals surface area contributed by atoms with Crippen molar-refractivity contribution in [3.8, 4) is 0 Å². The van der Waals surface area contributed by atoms with E-state index in [1.54, 1.807) is 17.0 Å². The van der Waals surface area contributed by atoms with E-state index in [2.05, 4.69) is 47.2 Å². The van der Waals surface area contributed by atoms with E-state index < -0.39 is 6.04 Å². The summed E-state index contributed by atoms with van der Waals surface area (Å²) in [6.45, 7) is 5.37. The molecule has 1 atom stereocenters. The Kier molecular flexibility index (Phi) is 6.00. The Morgan fingerprint density at radius 1 is 1.11 bits per heavy atom. The van der Waals surface area contributed by atoms with Crippen molar-refractivity contribution >= 4 is 27.7 Å². The van der Waals surface area contributed by atoms with Gasteiger partial charge in [0.2, 0.25) is 5.91 Å². The lowest BCUT2D eigenvalue weighted by atomic mass is 9.84. The monoisotopic (exact) mass is 428 g/mol. The average molecular weight is 429 g/mol. The summed E-state index contributed by atoms with van der Waals surface area (Å²) in [6, 6.07) is 16.9. The first-order valence-electron chi connectivity index (χ1n) is 9.28. The second-order valence-corrected chi connectivity index (χ2v) is 8.55. The van der Waals surface area contributed by atoms with Crippen LogP contribution in [0.4, 0.5) is 0 Å². The summed E-state index contributed by atoms with van der Waals surface area (Å²) in [6.07, 6.45) is 1.57. The third-order valence-corrected chi connectivity index (χ3v) is 5.70. The number of nitrogens with zero attached hydrogens (tertiary/aromatic N) is 1. The zero-order chi connectivity index (χ0) is 19.4. The first-order valence-corrected chi connectivity index (χ1v) is 10.1. The van der Waals surface area contributed by atoms with E-state index in [4.69, 9.17) is 0 Å². The third kappa shape index (κ3) is 4.59. The standard InChI is InChI=1S/C22H25BrN2O2/c1-22(2,17-10-12-18(23)13-11-17)15-24-20(26)19-9-6-14-25(19)21(27)16-7-4-3-5-8-16/h3-5,7-8,10-13,19H,6,9,14-15H2,1-2H3,(H,24,26). The second kappa shape index (κ2) is 8.26. The molecule has 1 N–H and O–H groups in total. The highest BCUT2D eigenvalue weighted by Crippen LogP contribution is 2.25. The predicted octanol–water partition coefficient (Wildman–Crippen LogP) is 4.15. The van der Waals surface area contributed by atoms with Crippen LogP contribution >= 0.6 is 15.9 Å². The van der Waals surface area contributed by atoms with Crippen molar-refractivity contribution in [3.05, 3.63) is 70.2 Å². The summed E-state index contributed by atoms with van der Waals surface area (Å²) in [4.78, 5) is 27.3. The molecule has 3 rings (SSSR count). The highest BCUT2D eigenvalue weighted by molar-refractivity contribution is 9.10. The van der Waals surface area contributed by atoms with Crippen molar-refractivity contribution in [3.63, 3.8) is 0 Å². The molecule has 1 aliphatic heterocycles. The number of carbonyl (C=O) groups is 2. The summed E-state index contributed by atoms with van der Waals surface area (Å²) in [5, 5.41) is 3.07. The Bertz CT molecular complexity index is 803. The van der Waals surface area contributed by atoms with Gasteiger partial charge in [-0.3, -0.25) is 9.59 Å². The van der Waals surface area contributed by atoms with E-state index in [0.29, 0.717) is 25.1 Å². The maximum absolute atomic E-state index is 12.8. The topological polar surface area (TPSA) is 49.4 Å². The minimum atomic E-state index is -0.390. The molecule has 2 aromatic carbocycles. The molecule has 4 nitrogen and oxygen atoms in total. The van der Waals surface area contributed by atoms with Gasteiger partial charge in [-0.15, -0.1) is 0 Å². The maximum atomic E-state index is 12.8. The van der Waals surface area contributed by atoms with Crippen molar-refractivity contribution in [1.29, 1.82) is 0 Å². The lowest BCUT2D eigenvalue weighted by Crippen LogP contribution is -2.48. The molecule has 5 heteroatoms. The zero-order valence-electron chi connectivity index (χ0n) is 15.7. The molecular weight excluding hydrogens is 404 g/mol. The molecule has 1 heterocycles. The first kappa shape index (κ1) is 19.6. The van der Waals surface area contributed by atoms with Crippen molar-refractivity contribution in [2.24, 2.45) is 0 Å². The molecule has 1 aliphatic rings. The minimum Gasteiger partial charge on any atom is -0.353 e. The van der Waals surface area contributed by atoms with Gasteiger partial charge in [-0.05, 0) is 42.7 Å². The molecule has 2 aromatic rings. The molecule has 1 fully saturated rings. The number of rotatable bonds is 5. The number of hydrogen-bond acceptors (Lipinski definition) is 2. The van der Waals surface area contributed by atoms with E-state index >= 15 is 0 Å². The van der Waals surface area contributed by atoms with Gasteiger partial charge in [-0.2, -0.15) is 0 Å². The lowest BCUT2D eigenvalue weighted by Gasteiger charge is -2.29. The number of hydrogen-bond donors (Lipinski definition) is 1. The second-order valence-electron chi connectivity index (χ2n) is 7.63. The van der Waals surface area contributed by atoms with E-state index in [0.717, 1.165) is 16.5 Å². The van der Waals surface area contributed by atoms with E-state index in [9.17, 15) is 9.59 Å². The molecule has 0 spiro atoms. The van der Waals surface area contributed by atoms with Crippen LogP contribution in [0.5, 0.6) is 0 Å². The van der Waals surface area contributed by atoms with Crippen molar-refractivity contribution in [2.75, 3.05) is 13.1 Å². The fraction of sp³-hybridized carbons (Fsp3) is 0.364. The quantitative estimate of drug-likeness (QED) is 0.777. The van der Waals surface area contributed by atoms with Crippen LogP contribution in [0.3, 0.4) is 0 Å². The molecular formula is C22H25BrN2O2. The van der Waals surface area contributed by atoms with Gasteiger partial charge in [-0.1, -0.05) is 60.1 Å². The fourth-order valence-corrected chi connectivity index (χ4v) is 3.72. The number of likely N-dealkylation sites (tertiary alicyclic amines) is 1. The Morgan fingerprint density at radius 2 is 1.78 bits per heavy atom. The van der Waals surface area contributed by atoms with Gasteiger partial charge in [0.1, 0.15) is 6.04 Å². The largest absolute Gasteiger partial charge is 0.353 e. The predicted molar refractivity (Wildman–Crippen MR) is 111 cm³/mol. The summed E-state index contributed by atoms with van der Waals surface area (Å²) in [5.41, 5.74) is 1.60. The Hall–Kier alpha value is -2.14. The number of halogens is 1. The van der Waals surface area contributed by atoms with Crippen LogP contribution in [0.25, 0.3) is 0 Å². The summed E-state index contributed by atoms with van der Waals surface area (Å²) < 4.78 is 1.03. The SMILES string of the molecule is CC(C)(CNC(=O)C1CCCN1C(=O)c1ccccc1)c1ccc(Br)cc1. The molecule has 1 unspecified atom stereocenters. The Labute approximate surface area is 169 Å². The fourth-order valence-electron chi connectivity index (χ4n) is 3.46. The van der Waals surface area contributed by atoms with E-state index in [1.165, 1.54) is 0 Å². The van der Waals surface area contributed by atoms with Crippen molar-refractivity contribution in [2.45, 2.75) is 38.1 Å². The van der Waals surface area contributed by atoms with Crippen molar-refractivity contribution < 1.29 is 9.59 Å². The van der Waals surface area contributed by atoms with Gasteiger partial charge in [-0.25, -0.2) is 0 Å². The summed E-state index contributed by atoms with van der Waals surface area (Å²) in [7, 11) is 0. The Balaban J connectivity index is 1.64. The molecule has 2 amide bonds. The van der Waals surface area contributed by atoms with Crippen molar-refractivity contribution in [1.82, 2.24) is 10.2 Å². The van der Waals surface area contributed by atoms with Crippen LogP contribution in [0.2, 0.25) is 0 Å². The lowest BCUT2D eigenvalue weighted by molar-refractivity contribution is -0.125. The summed E-state index contributed by atoms with van der Waals surface area (Å²) in [5.74, 6) is -0.137. The number of benzene rings is 2. The van der Waals surface area contributed by atoms with Gasteiger partial charge in [0, 0.05) is 28.5 Å². The normalized spacial score (nSPS) is 17.0. The highest BCUT2D eigenvalue weighted by atomic mass is 79.9. The van der Waals surface area contributed by atoms with Gasteiger partial charge in [0.05, 0.1) is 0 Å². The number of nitrogens with one attached hydrogen (secondary N) is 1. The van der Waals surface area contributed by atoms with Crippen LogP contribution in [-0.2, 0) is 10.2 Å². The van der Waals surface area contributed by atoms with Gasteiger partial charge in [0.15, 0.2) is 0 Å². The van der Waals surface area contributed by atoms with E-state index in [1.807, 2.05) is 30.3 Å². The molecule has 0 aliphatic carbocycles. The number of carbonyl (C=O) groups excluding carboxylic acids is 2.